The molecule has 2 aromatic heterocycles. The number of aliphatic hydroxyl groups excluding tert-OH is 2. The normalized spacial score (nSPS) is 23.5. The third kappa shape index (κ3) is 9.20. The van der Waals surface area contributed by atoms with Crippen LogP contribution in [0.4, 0.5) is 5.82 Å². The summed E-state index contributed by atoms with van der Waals surface area (Å²) in [6.45, 7) is 11.2. The standard InChI is InChI=1S/C25H29Cl2N7O.C11H22N2O.ClH/c1-16(20-5-4-18(26)11-21(20)27)34-25-24(22(12-28)31-34)29-13-23(30-25)32-9-6-19(7-10-32)33-8-2-3-17(14-33)15-35;14-9-10-2-1-7-13(8-10)11-3-5-12-6-4-11;/h4-5,11,13,16-17,19,35H,2-3,6-10,14-15H2,1H3;10-12,14H,1-9H2;1H/t16-,17?;;/m1../s1. The molecular weight excluding hydrogens is 697 g/mol. The summed E-state index contributed by atoms with van der Waals surface area (Å²) in [5.74, 6) is 1.74. The fourth-order valence-corrected chi connectivity index (χ4v) is 8.72. The number of halogens is 3. The second-order valence-electron chi connectivity index (χ2n) is 14.2. The van der Waals surface area contributed by atoms with Gasteiger partial charge in [-0.2, -0.15) is 10.4 Å². The number of nitrogens with one attached hydrogen (secondary N) is 1. The zero-order valence-electron chi connectivity index (χ0n) is 29.1. The summed E-state index contributed by atoms with van der Waals surface area (Å²) < 4.78 is 1.73. The number of benzene rings is 1. The Hall–Kier alpha value is -2.27. The minimum atomic E-state index is -0.252. The number of aromatic nitrogens is 4. The Balaban J connectivity index is 0.000000271. The van der Waals surface area contributed by atoms with E-state index in [0.29, 0.717) is 45.7 Å². The molecule has 4 fully saturated rings. The summed E-state index contributed by atoms with van der Waals surface area (Å²) in [5.41, 5.74) is 2.16. The van der Waals surface area contributed by atoms with Crippen molar-refractivity contribution in [1.82, 2.24) is 34.9 Å². The highest BCUT2D eigenvalue weighted by atomic mass is 35.5. The molecule has 2 unspecified atom stereocenters. The van der Waals surface area contributed by atoms with Crippen molar-refractivity contribution < 1.29 is 10.2 Å². The van der Waals surface area contributed by atoms with E-state index in [1.54, 1.807) is 23.0 Å². The van der Waals surface area contributed by atoms with E-state index in [2.05, 4.69) is 36.2 Å². The van der Waals surface area contributed by atoms with Gasteiger partial charge in [-0.1, -0.05) is 29.3 Å². The topological polar surface area (TPSA) is 130 Å². The zero-order valence-corrected chi connectivity index (χ0v) is 31.4. The molecule has 3 aromatic rings. The lowest BCUT2D eigenvalue weighted by Gasteiger charge is -2.42. The van der Waals surface area contributed by atoms with E-state index in [0.717, 1.165) is 75.8 Å². The van der Waals surface area contributed by atoms with Crippen molar-refractivity contribution in [3.8, 4) is 6.07 Å². The number of piperidine rings is 4. The first-order valence-corrected chi connectivity index (χ1v) is 18.9. The molecule has 7 rings (SSSR count). The number of hydrogen-bond acceptors (Lipinski definition) is 10. The molecule has 0 radical (unpaired) electrons. The number of nitriles is 1. The average Bonchev–Trinajstić information content (AvgIpc) is 3.53. The molecule has 0 amide bonds. The van der Waals surface area contributed by atoms with E-state index in [-0.39, 0.29) is 30.7 Å². The van der Waals surface area contributed by atoms with Crippen molar-refractivity contribution in [2.24, 2.45) is 11.8 Å². The summed E-state index contributed by atoms with van der Waals surface area (Å²) >= 11 is 12.5. The Labute approximate surface area is 312 Å². The van der Waals surface area contributed by atoms with Gasteiger partial charge in [0.05, 0.1) is 12.2 Å². The van der Waals surface area contributed by atoms with E-state index in [4.69, 9.17) is 33.3 Å². The molecule has 0 bridgehead atoms. The molecular formula is C36H52Cl3N9O2. The largest absolute Gasteiger partial charge is 0.396 e. The number of hydrogen-bond donors (Lipinski definition) is 3. The molecule has 4 saturated heterocycles. The minimum Gasteiger partial charge on any atom is -0.396 e. The molecule has 1 aromatic carbocycles. The molecule has 50 heavy (non-hydrogen) atoms. The molecule has 0 aliphatic carbocycles. The van der Waals surface area contributed by atoms with Gasteiger partial charge in [-0.3, -0.25) is 9.80 Å². The van der Waals surface area contributed by atoms with Crippen molar-refractivity contribution in [3.05, 3.63) is 45.7 Å². The van der Waals surface area contributed by atoms with Gasteiger partial charge in [-0.25, -0.2) is 14.6 Å². The van der Waals surface area contributed by atoms with Crippen LogP contribution in [0.1, 0.15) is 75.6 Å². The molecule has 0 saturated carbocycles. The molecule has 4 aliphatic rings. The van der Waals surface area contributed by atoms with Crippen molar-refractivity contribution in [2.75, 3.05) is 70.5 Å². The molecule has 6 heterocycles. The van der Waals surface area contributed by atoms with E-state index in [1.165, 1.54) is 45.3 Å². The maximum atomic E-state index is 9.63. The van der Waals surface area contributed by atoms with E-state index >= 15 is 0 Å². The molecule has 14 heteroatoms. The molecule has 274 valence electrons. The lowest BCUT2D eigenvalue weighted by atomic mass is 9.94. The monoisotopic (exact) mass is 747 g/mol. The Morgan fingerprint density at radius 1 is 0.920 bits per heavy atom. The van der Waals surface area contributed by atoms with Crippen LogP contribution < -0.4 is 10.2 Å². The van der Waals surface area contributed by atoms with Crippen LogP contribution in [0.15, 0.2) is 24.4 Å². The van der Waals surface area contributed by atoms with Crippen LogP contribution in [0.5, 0.6) is 0 Å². The second kappa shape index (κ2) is 18.5. The lowest BCUT2D eigenvalue weighted by molar-refractivity contribution is 0.0751. The van der Waals surface area contributed by atoms with Gasteiger partial charge in [0, 0.05) is 61.5 Å². The van der Waals surface area contributed by atoms with Crippen LogP contribution in [-0.2, 0) is 0 Å². The van der Waals surface area contributed by atoms with Crippen LogP contribution in [-0.4, -0.2) is 117 Å². The van der Waals surface area contributed by atoms with Crippen molar-refractivity contribution in [3.63, 3.8) is 0 Å². The van der Waals surface area contributed by atoms with Crippen molar-refractivity contribution >= 4 is 52.6 Å². The quantitative estimate of drug-likeness (QED) is 0.299. The fraction of sp³-hybridized carbons (Fsp3) is 0.667. The summed E-state index contributed by atoms with van der Waals surface area (Å²) in [6, 6.07) is 8.59. The SMILES string of the molecule is C[C@H](c1ccc(Cl)cc1Cl)n1nc(C#N)c2ncc(N3CCC(N4CCCC(CO)C4)CC3)nc21.Cl.OCC1CCCN(C2CCNCC2)C1. The van der Waals surface area contributed by atoms with Crippen LogP contribution in [0.2, 0.25) is 10.0 Å². The summed E-state index contributed by atoms with van der Waals surface area (Å²) in [6.07, 6.45) is 11.2. The van der Waals surface area contributed by atoms with E-state index < -0.39 is 0 Å². The third-order valence-electron chi connectivity index (χ3n) is 11.0. The van der Waals surface area contributed by atoms with Crippen molar-refractivity contribution in [2.45, 2.75) is 76.4 Å². The predicted molar refractivity (Wildman–Crippen MR) is 201 cm³/mol. The van der Waals surface area contributed by atoms with Crippen LogP contribution >= 0.6 is 35.6 Å². The number of likely N-dealkylation sites (tertiary alicyclic amines) is 2. The summed E-state index contributed by atoms with van der Waals surface area (Å²) in [4.78, 5) is 16.9. The Bertz CT molecular complexity index is 1570. The summed E-state index contributed by atoms with van der Waals surface area (Å²) in [7, 11) is 0. The third-order valence-corrected chi connectivity index (χ3v) is 11.6. The number of nitrogens with zero attached hydrogens (tertiary/aromatic N) is 8. The molecule has 4 aliphatic heterocycles. The number of fused-ring (bicyclic) bond motifs is 1. The maximum absolute atomic E-state index is 9.63. The summed E-state index contributed by atoms with van der Waals surface area (Å²) in [5, 5.41) is 37.4. The highest BCUT2D eigenvalue weighted by molar-refractivity contribution is 6.35. The van der Waals surface area contributed by atoms with Gasteiger partial charge in [0.2, 0.25) is 0 Å². The predicted octanol–water partition coefficient (Wildman–Crippen LogP) is 5.15. The Morgan fingerprint density at radius 3 is 2.12 bits per heavy atom. The number of anilines is 1. The highest BCUT2D eigenvalue weighted by Gasteiger charge is 2.30. The first-order valence-electron chi connectivity index (χ1n) is 18.1. The average molecular weight is 749 g/mol. The minimum absolute atomic E-state index is 0. The second-order valence-corrected chi connectivity index (χ2v) is 15.1. The molecule has 3 atom stereocenters. The van der Waals surface area contributed by atoms with Crippen LogP contribution in [0, 0.1) is 23.2 Å². The van der Waals surface area contributed by atoms with Gasteiger partial charge in [-0.15, -0.1) is 12.4 Å². The fourth-order valence-electron chi connectivity index (χ4n) is 8.16. The zero-order chi connectivity index (χ0) is 34.3. The van der Waals surface area contributed by atoms with Gasteiger partial charge in [0.1, 0.15) is 17.4 Å². The van der Waals surface area contributed by atoms with Gasteiger partial charge in [0.15, 0.2) is 11.3 Å². The first-order chi connectivity index (χ1) is 23.9. The van der Waals surface area contributed by atoms with Gasteiger partial charge >= 0.3 is 0 Å². The van der Waals surface area contributed by atoms with Gasteiger partial charge < -0.3 is 20.4 Å². The van der Waals surface area contributed by atoms with E-state index in [1.807, 2.05) is 13.0 Å². The van der Waals surface area contributed by atoms with E-state index in [9.17, 15) is 10.4 Å². The van der Waals surface area contributed by atoms with Crippen LogP contribution in [0.25, 0.3) is 11.2 Å². The lowest BCUT2D eigenvalue weighted by Crippen LogP contribution is -2.49. The first kappa shape index (κ1) is 38.9. The molecule has 11 nitrogen and oxygen atoms in total. The van der Waals surface area contributed by atoms with Gasteiger partial charge in [0.25, 0.3) is 0 Å². The Kier molecular flexibility index (Phi) is 14.4. The number of aliphatic hydroxyl groups is 2. The smallest absolute Gasteiger partial charge is 0.190 e. The molecule has 3 N–H and O–H groups in total. The van der Waals surface area contributed by atoms with Crippen LogP contribution in [0.3, 0.4) is 0 Å². The highest BCUT2D eigenvalue weighted by Crippen LogP contribution is 2.32. The van der Waals surface area contributed by atoms with Crippen molar-refractivity contribution in [1.29, 1.82) is 5.26 Å². The molecule has 0 spiro atoms. The van der Waals surface area contributed by atoms with Gasteiger partial charge in [-0.05, 0) is 114 Å². The maximum Gasteiger partial charge on any atom is 0.190 e. The number of rotatable bonds is 7. The Morgan fingerprint density at radius 2 is 1.54 bits per heavy atom.